The molecule has 96 valence electrons. The first kappa shape index (κ1) is 13.2. The van der Waals surface area contributed by atoms with Crippen LogP contribution in [0.3, 0.4) is 0 Å². The van der Waals surface area contributed by atoms with Crippen LogP contribution < -0.4 is 9.47 Å². The van der Waals surface area contributed by atoms with E-state index in [2.05, 4.69) is 46.3 Å². The number of benzene rings is 1. The standard InChI is InChI=1S/C14H17NO2Se/c1-9(2)15-6-5-10-7-12(16-3)13(17-4)8-11(10)14(15)18/h5-9H,1-4H3. The summed E-state index contributed by atoms with van der Waals surface area (Å²) in [6.07, 6.45) is 2.09. The van der Waals surface area contributed by atoms with Crippen LogP contribution in [0.5, 0.6) is 11.5 Å². The third-order valence-electron chi connectivity index (χ3n) is 2.99. The first-order chi connectivity index (χ1) is 8.58. The summed E-state index contributed by atoms with van der Waals surface area (Å²) in [5.41, 5.74) is 0. The molecule has 0 aliphatic heterocycles. The summed E-state index contributed by atoms with van der Waals surface area (Å²) in [7, 11) is 3.31. The van der Waals surface area contributed by atoms with Crippen molar-refractivity contribution in [1.82, 2.24) is 4.57 Å². The number of hydrogen-bond acceptors (Lipinski definition) is 2. The van der Waals surface area contributed by atoms with Gasteiger partial charge in [-0.2, -0.15) is 0 Å². The van der Waals surface area contributed by atoms with Crippen LogP contribution in [0.2, 0.25) is 0 Å². The van der Waals surface area contributed by atoms with Gasteiger partial charge in [-0.05, 0) is 0 Å². The maximum absolute atomic E-state index is 5.35. The van der Waals surface area contributed by atoms with E-state index in [1.54, 1.807) is 14.2 Å². The Morgan fingerprint density at radius 3 is 2.28 bits per heavy atom. The van der Waals surface area contributed by atoms with Crippen molar-refractivity contribution in [1.29, 1.82) is 0 Å². The van der Waals surface area contributed by atoms with E-state index >= 15 is 0 Å². The predicted molar refractivity (Wildman–Crippen MR) is 74.4 cm³/mol. The fourth-order valence-corrected chi connectivity index (χ4v) is 2.93. The fourth-order valence-electron chi connectivity index (χ4n) is 1.99. The molecule has 1 aromatic heterocycles. The molecular formula is C14H17NO2Se. The number of fused-ring (bicyclic) bond motifs is 1. The molecule has 18 heavy (non-hydrogen) atoms. The Morgan fingerprint density at radius 1 is 1.11 bits per heavy atom. The normalized spacial score (nSPS) is 10.9. The van der Waals surface area contributed by atoms with E-state index in [9.17, 15) is 0 Å². The van der Waals surface area contributed by atoms with Crippen molar-refractivity contribution in [2.75, 3.05) is 14.2 Å². The molecule has 0 saturated heterocycles. The molecule has 0 fully saturated rings. The summed E-state index contributed by atoms with van der Waals surface area (Å²) < 4.78 is 14.0. The Hall–Kier alpha value is -1.25. The maximum atomic E-state index is 5.35. The molecule has 4 heteroatoms. The Balaban J connectivity index is 2.78. The van der Waals surface area contributed by atoms with Crippen molar-refractivity contribution < 1.29 is 9.47 Å². The Labute approximate surface area is 115 Å². The molecule has 0 aliphatic rings. The van der Waals surface area contributed by atoms with Gasteiger partial charge in [0.15, 0.2) is 0 Å². The van der Waals surface area contributed by atoms with Crippen molar-refractivity contribution in [2.24, 2.45) is 0 Å². The van der Waals surface area contributed by atoms with Crippen LogP contribution >= 0.6 is 0 Å². The molecule has 0 unspecified atom stereocenters. The number of rotatable bonds is 3. The molecule has 2 aromatic rings. The van der Waals surface area contributed by atoms with Crippen molar-refractivity contribution in [3.05, 3.63) is 28.6 Å². The van der Waals surface area contributed by atoms with Gasteiger partial charge in [-0.1, -0.05) is 0 Å². The van der Waals surface area contributed by atoms with E-state index in [0.29, 0.717) is 6.04 Å². The van der Waals surface area contributed by atoms with Gasteiger partial charge in [0.25, 0.3) is 0 Å². The molecule has 0 aliphatic carbocycles. The van der Waals surface area contributed by atoms with E-state index in [4.69, 9.17) is 9.47 Å². The minimum atomic E-state index is 0.416. The zero-order chi connectivity index (χ0) is 13.3. The topological polar surface area (TPSA) is 23.4 Å². The Kier molecular flexibility index (Phi) is 3.79. The number of nitrogens with zero attached hydrogens (tertiary/aromatic N) is 1. The SMILES string of the molecule is COc1cc2ccn(C(C)C)c(=[Se])c2cc1OC. The van der Waals surface area contributed by atoms with E-state index in [1.807, 2.05) is 12.1 Å². The molecular weight excluding hydrogens is 293 g/mol. The first-order valence-electron chi connectivity index (χ1n) is 5.85. The van der Waals surface area contributed by atoms with Crippen LogP contribution in [-0.4, -0.2) is 34.4 Å². The molecule has 0 N–H and O–H groups in total. The van der Waals surface area contributed by atoms with E-state index in [-0.39, 0.29) is 0 Å². The van der Waals surface area contributed by atoms with E-state index < -0.39 is 0 Å². The van der Waals surface area contributed by atoms with Gasteiger partial charge in [0.05, 0.1) is 0 Å². The molecule has 0 atom stereocenters. The third-order valence-corrected chi connectivity index (χ3v) is 3.90. The second-order valence-corrected chi connectivity index (χ2v) is 5.23. The van der Waals surface area contributed by atoms with Crippen LogP contribution in [0.15, 0.2) is 24.4 Å². The molecule has 3 nitrogen and oxygen atoms in total. The van der Waals surface area contributed by atoms with Crippen LogP contribution in [0.1, 0.15) is 19.9 Å². The van der Waals surface area contributed by atoms with Crippen LogP contribution in [0.4, 0.5) is 0 Å². The van der Waals surface area contributed by atoms with Crippen molar-refractivity contribution in [2.45, 2.75) is 19.9 Å². The molecule has 0 amide bonds. The van der Waals surface area contributed by atoms with Crippen molar-refractivity contribution in [3.63, 3.8) is 0 Å². The summed E-state index contributed by atoms with van der Waals surface area (Å²) in [5, 5.41) is 2.28. The van der Waals surface area contributed by atoms with Gasteiger partial charge in [-0.15, -0.1) is 0 Å². The fraction of sp³-hybridized carbons (Fsp3) is 0.357. The van der Waals surface area contributed by atoms with Gasteiger partial charge in [-0.25, -0.2) is 0 Å². The molecule has 0 bridgehead atoms. The van der Waals surface area contributed by atoms with Gasteiger partial charge in [0.2, 0.25) is 0 Å². The second kappa shape index (κ2) is 5.17. The van der Waals surface area contributed by atoms with Crippen LogP contribution in [-0.2, 0) is 0 Å². The summed E-state index contributed by atoms with van der Waals surface area (Å²) in [6, 6.07) is 6.52. The molecule has 0 saturated carbocycles. The van der Waals surface area contributed by atoms with Crippen molar-refractivity contribution >= 4 is 26.3 Å². The van der Waals surface area contributed by atoms with Gasteiger partial charge < -0.3 is 0 Å². The minimum absolute atomic E-state index is 0.416. The summed E-state index contributed by atoms with van der Waals surface area (Å²) in [5.74, 6) is 1.51. The van der Waals surface area contributed by atoms with Crippen LogP contribution in [0, 0.1) is 4.19 Å². The Bertz CT molecular complexity index is 631. The summed E-state index contributed by atoms with van der Waals surface area (Å²) in [6.45, 7) is 4.32. The predicted octanol–water partition coefficient (Wildman–Crippen LogP) is 2.94. The average molecular weight is 310 g/mol. The van der Waals surface area contributed by atoms with E-state index in [1.165, 1.54) is 0 Å². The molecule has 2 rings (SSSR count). The molecule has 0 radical (unpaired) electrons. The van der Waals surface area contributed by atoms with Crippen molar-refractivity contribution in [3.8, 4) is 11.5 Å². The van der Waals surface area contributed by atoms with Gasteiger partial charge >= 0.3 is 115 Å². The summed E-state index contributed by atoms with van der Waals surface area (Å²) >= 11 is 3.15. The number of methoxy groups -OCH3 is 2. The molecule has 1 aromatic carbocycles. The van der Waals surface area contributed by atoms with E-state index in [0.717, 1.165) is 26.5 Å². The Morgan fingerprint density at radius 2 is 1.72 bits per heavy atom. The number of pyridine rings is 1. The van der Waals surface area contributed by atoms with Gasteiger partial charge in [0.1, 0.15) is 0 Å². The monoisotopic (exact) mass is 311 g/mol. The quantitative estimate of drug-likeness (QED) is 0.814. The zero-order valence-electron chi connectivity index (χ0n) is 11.1. The second-order valence-electron chi connectivity index (χ2n) is 4.42. The number of aromatic nitrogens is 1. The average Bonchev–Trinajstić information content (AvgIpc) is 2.37. The molecule has 1 heterocycles. The third kappa shape index (κ3) is 2.18. The first-order valence-corrected chi connectivity index (χ1v) is 6.71. The zero-order valence-corrected chi connectivity index (χ0v) is 12.8. The van der Waals surface area contributed by atoms with Gasteiger partial charge in [0, 0.05) is 0 Å². The number of ether oxygens (including phenoxy) is 2. The van der Waals surface area contributed by atoms with Gasteiger partial charge in [-0.3, -0.25) is 0 Å². The molecule has 0 spiro atoms. The number of hydrogen-bond donors (Lipinski definition) is 0. The summed E-state index contributed by atoms with van der Waals surface area (Å²) in [4.78, 5) is 0. The van der Waals surface area contributed by atoms with Crippen LogP contribution in [0.25, 0.3) is 10.8 Å².